The molecule has 1 rings (SSSR count). The maximum Gasteiger partial charge on any atom is 0.321 e. The molecule has 0 spiro atoms. The van der Waals surface area contributed by atoms with Gasteiger partial charge in [-0.3, -0.25) is 14.2 Å². The van der Waals surface area contributed by atoms with Crippen LogP contribution in [0.3, 0.4) is 0 Å². The molecule has 0 heterocycles. The molecule has 4 N–H and O–H groups in total. The molecule has 8 nitrogen and oxygen atoms in total. The number of alkyl halides is 2. The number of halogens is 2. The van der Waals surface area contributed by atoms with E-state index in [4.69, 9.17) is 9.73 Å². The molecule has 142 valence electrons. The van der Waals surface area contributed by atoms with Gasteiger partial charge in [0.25, 0.3) is 8.03 Å². The van der Waals surface area contributed by atoms with Crippen molar-refractivity contribution in [1.82, 2.24) is 5.06 Å². The molecule has 1 aromatic carbocycles. The average Bonchev–Trinajstić information content (AvgIpc) is 2.57. The van der Waals surface area contributed by atoms with Crippen LogP contribution in [0.1, 0.15) is 12.0 Å². The number of aliphatic hydroxyl groups excluding tert-OH is 3. The Bertz CT molecular complexity index is 563. The Labute approximate surface area is 143 Å². The topological polar surface area (TPSA) is 128 Å². The Kier molecular flexibility index (Phi) is 8.57. The summed E-state index contributed by atoms with van der Waals surface area (Å²) in [6.45, 7) is -0.621. The Morgan fingerprint density at radius 3 is 2.32 bits per heavy atom. The number of aliphatic hydroxyl groups is 3. The second-order valence-electron chi connectivity index (χ2n) is 5.30. The van der Waals surface area contributed by atoms with E-state index in [0.29, 0.717) is 5.06 Å². The van der Waals surface area contributed by atoms with E-state index in [2.05, 4.69) is 0 Å². The van der Waals surface area contributed by atoms with Gasteiger partial charge in [0.1, 0.15) is 18.8 Å². The SMILES string of the molecule is O=CN(C[C@H](O)[C@H](O)[C@H](O)CC(F)(F)[PH](=O)O)OCc1ccccc1. The van der Waals surface area contributed by atoms with E-state index < -0.39 is 45.0 Å². The molecule has 1 amide bonds. The number of hydroxylamine groups is 2. The van der Waals surface area contributed by atoms with Crippen LogP contribution in [0, 0.1) is 0 Å². The van der Waals surface area contributed by atoms with Gasteiger partial charge in [-0.25, -0.2) is 5.06 Å². The van der Waals surface area contributed by atoms with E-state index in [9.17, 15) is 33.5 Å². The molecule has 0 radical (unpaired) electrons. The van der Waals surface area contributed by atoms with E-state index in [-0.39, 0.29) is 13.0 Å². The Morgan fingerprint density at radius 1 is 1.20 bits per heavy atom. The third kappa shape index (κ3) is 7.15. The molecule has 0 fully saturated rings. The van der Waals surface area contributed by atoms with Crippen LogP contribution in [0.25, 0.3) is 0 Å². The summed E-state index contributed by atoms with van der Waals surface area (Å²) in [6, 6.07) is 8.70. The summed E-state index contributed by atoms with van der Waals surface area (Å²) in [5.74, 6) is 0. The zero-order valence-corrected chi connectivity index (χ0v) is 14.0. The van der Waals surface area contributed by atoms with Crippen LogP contribution in [0.2, 0.25) is 0 Å². The van der Waals surface area contributed by atoms with Crippen LogP contribution in [0.4, 0.5) is 8.78 Å². The highest BCUT2D eigenvalue weighted by Gasteiger charge is 2.41. The van der Waals surface area contributed by atoms with Crippen molar-refractivity contribution in [3.63, 3.8) is 0 Å². The van der Waals surface area contributed by atoms with Gasteiger partial charge in [0, 0.05) is 6.42 Å². The predicted octanol–water partition coefficient (Wildman–Crippen LogP) is 0.109. The molecule has 1 aromatic rings. The molecule has 0 aliphatic carbocycles. The average molecular weight is 383 g/mol. The number of benzene rings is 1. The molecule has 4 atom stereocenters. The molecule has 0 aliphatic heterocycles. The Hall–Kier alpha value is -1.42. The van der Waals surface area contributed by atoms with Crippen molar-refractivity contribution in [2.24, 2.45) is 0 Å². The summed E-state index contributed by atoms with van der Waals surface area (Å²) in [4.78, 5) is 24.5. The van der Waals surface area contributed by atoms with Gasteiger partial charge in [-0.1, -0.05) is 30.3 Å². The first-order valence-electron chi connectivity index (χ1n) is 7.21. The number of hydrogen-bond donors (Lipinski definition) is 4. The monoisotopic (exact) mass is 383 g/mol. The summed E-state index contributed by atoms with van der Waals surface area (Å²) < 4.78 is 36.7. The number of amides is 1. The molecule has 25 heavy (non-hydrogen) atoms. The van der Waals surface area contributed by atoms with Crippen molar-refractivity contribution in [2.75, 3.05) is 6.54 Å². The van der Waals surface area contributed by atoms with Crippen LogP contribution in [0.5, 0.6) is 0 Å². The van der Waals surface area contributed by atoms with Crippen LogP contribution < -0.4 is 0 Å². The van der Waals surface area contributed by atoms with Crippen molar-refractivity contribution < 1.29 is 43.2 Å². The van der Waals surface area contributed by atoms with Crippen LogP contribution in [0.15, 0.2) is 30.3 Å². The fourth-order valence-corrected chi connectivity index (χ4v) is 2.26. The Morgan fingerprint density at radius 2 is 1.80 bits per heavy atom. The van der Waals surface area contributed by atoms with E-state index >= 15 is 0 Å². The molecule has 0 bridgehead atoms. The minimum Gasteiger partial charge on any atom is -0.390 e. The van der Waals surface area contributed by atoms with Gasteiger partial charge >= 0.3 is 5.66 Å². The molecule has 11 heteroatoms. The fraction of sp³-hybridized carbons (Fsp3) is 0.500. The van der Waals surface area contributed by atoms with E-state index in [0.717, 1.165) is 5.56 Å². The zero-order chi connectivity index (χ0) is 19.0. The number of rotatable bonds is 11. The molecule has 1 unspecified atom stereocenters. The van der Waals surface area contributed by atoms with Gasteiger partial charge in [-0.2, -0.15) is 8.78 Å². The van der Waals surface area contributed by atoms with Crippen LogP contribution in [-0.4, -0.2) is 62.2 Å². The van der Waals surface area contributed by atoms with Crippen molar-refractivity contribution in [3.05, 3.63) is 35.9 Å². The summed E-state index contributed by atoms with van der Waals surface area (Å²) in [5.41, 5.74) is -3.36. The number of carbonyl (C=O) groups excluding carboxylic acids is 1. The summed E-state index contributed by atoms with van der Waals surface area (Å²) in [6.07, 6.45) is -7.35. The highest BCUT2D eigenvalue weighted by Crippen LogP contribution is 2.42. The van der Waals surface area contributed by atoms with Gasteiger partial charge in [0.15, 0.2) is 0 Å². The lowest BCUT2D eigenvalue weighted by Crippen LogP contribution is -2.45. The lowest BCUT2D eigenvalue weighted by molar-refractivity contribution is -0.193. The van der Waals surface area contributed by atoms with Gasteiger partial charge in [0.2, 0.25) is 6.41 Å². The number of carbonyl (C=O) groups is 1. The predicted molar refractivity (Wildman–Crippen MR) is 82.8 cm³/mol. The van der Waals surface area contributed by atoms with Gasteiger partial charge in [-0.15, -0.1) is 0 Å². The minimum atomic E-state index is -4.26. The molecule has 0 saturated heterocycles. The second kappa shape index (κ2) is 9.91. The summed E-state index contributed by atoms with van der Waals surface area (Å²) >= 11 is 0. The van der Waals surface area contributed by atoms with Gasteiger partial charge in [-0.05, 0) is 5.56 Å². The van der Waals surface area contributed by atoms with Gasteiger partial charge in [0.05, 0.1) is 12.6 Å². The molecular weight excluding hydrogens is 363 g/mol. The largest absolute Gasteiger partial charge is 0.390 e. The first-order chi connectivity index (χ1) is 11.7. The smallest absolute Gasteiger partial charge is 0.321 e. The standard InChI is InChI=1S/C14H20F2NO7P/c15-14(16,25(22)23)6-11(19)13(21)12(20)7-17(9-18)24-8-10-4-2-1-3-5-10/h1-5,9,11-13,19-21,25H,6-8H2,(H,22,23)/t11-,12+,13-/m1/s1. The molecular formula is C14H20F2NO7P. The maximum atomic E-state index is 13.1. The molecule has 0 aliphatic rings. The first-order valence-corrected chi connectivity index (χ1v) is 8.57. The second-order valence-corrected chi connectivity index (χ2v) is 6.64. The normalized spacial score (nSPS) is 16.7. The highest BCUT2D eigenvalue weighted by molar-refractivity contribution is 7.39. The van der Waals surface area contributed by atoms with E-state index in [1.165, 1.54) is 0 Å². The van der Waals surface area contributed by atoms with Crippen molar-refractivity contribution in [3.8, 4) is 0 Å². The van der Waals surface area contributed by atoms with Crippen molar-refractivity contribution in [1.29, 1.82) is 0 Å². The molecule has 0 saturated carbocycles. The van der Waals surface area contributed by atoms with E-state index in [1.807, 2.05) is 0 Å². The third-order valence-corrected chi connectivity index (χ3v) is 4.12. The fourth-order valence-electron chi connectivity index (χ4n) is 1.88. The lowest BCUT2D eigenvalue weighted by atomic mass is 10.1. The minimum absolute atomic E-state index is 0.0184. The third-order valence-electron chi connectivity index (χ3n) is 3.29. The summed E-state index contributed by atoms with van der Waals surface area (Å²) in [7, 11) is -4.26. The first kappa shape index (κ1) is 21.6. The van der Waals surface area contributed by atoms with Crippen molar-refractivity contribution in [2.45, 2.75) is 37.0 Å². The maximum absolute atomic E-state index is 13.1. The lowest BCUT2D eigenvalue weighted by Gasteiger charge is -2.27. The van der Waals surface area contributed by atoms with Crippen LogP contribution in [-0.2, 0) is 20.8 Å². The van der Waals surface area contributed by atoms with Crippen molar-refractivity contribution >= 4 is 14.4 Å². The number of hydrogen-bond acceptors (Lipinski definition) is 6. The zero-order valence-electron chi connectivity index (χ0n) is 13.0. The highest BCUT2D eigenvalue weighted by atomic mass is 31.1. The molecule has 0 aromatic heterocycles. The quantitative estimate of drug-likeness (QED) is 0.243. The summed E-state index contributed by atoms with van der Waals surface area (Å²) in [5, 5.41) is 29.5. The van der Waals surface area contributed by atoms with E-state index in [1.54, 1.807) is 30.3 Å². The van der Waals surface area contributed by atoms with Gasteiger partial charge < -0.3 is 20.2 Å². The number of nitrogens with zero attached hydrogens (tertiary/aromatic N) is 1. The van der Waals surface area contributed by atoms with Crippen LogP contribution >= 0.6 is 8.03 Å². The Balaban J connectivity index is 2.54.